The molecule has 0 bridgehead atoms. The van der Waals surface area contributed by atoms with Crippen molar-refractivity contribution in [2.24, 2.45) is 0 Å². The van der Waals surface area contributed by atoms with E-state index in [1.165, 1.54) is 0 Å². The van der Waals surface area contributed by atoms with Gasteiger partial charge in [-0.1, -0.05) is 0 Å². The summed E-state index contributed by atoms with van der Waals surface area (Å²) in [4.78, 5) is 29.2. The van der Waals surface area contributed by atoms with E-state index in [1.54, 1.807) is 9.80 Å². The van der Waals surface area contributed by atoms with Gasteiger partial charge in [0.25, 0.3) is 0 Å². The summed E-state index contributed by atoms with van der Waals surface area (Å²) in [5.74, 6) is 2.16. The van der Waals surface area contributed by atoms with Crippen molar-refractivity contribution in [3.63, 3.8) is 0 Å². The van der Waals surface area contributed by atoms with E-state index in [4.69, 9.17) is 21.7 Å². The average Bonchev–Trinajstić information content (AvgIpc) is 3.32. The van der Waals surface area contributed by atoms with Gasteiger partial charge in [0.05, 0.1) is 19.6 Å². The molecule has 3 aliphatic heterocycles. The minimum atomic E-state index is -0.375. The van der Waals surface area contributed by atoms with E-state index in [9.17, 15) is 9.59 Å². The summed E-state index contributed by atoms with van der Waals surface area (Å²) < 4.78 is 10.4. The lowest BCUT2D eigenvalue weighted by atomic mass is 10.2. The molecule has 1 atom stereocenters. The predicted molar refractivity (Wildman–Crippen MR) is 112 cm³/mol. The zero-order valence-corrected chi connectivity index (χ0v) is 17.0. The molecule has 4 rings (SSSR count). The van der Waals surface area contributed by atoms with Crippen molar-refractivity contribution in [3.05, 3.63) is 24.3 Å². The average molecular weight is 423 g/mol. The molecule has 3 fully saturated rings. The maximum Gasteiger partial charge on any atom is 0.414 e. The number of nitrogens with zero attached hydrogens (tertiary/aromatic N) is 3. The van der Waals surface area contributed by atoms with Crippen LogP contribution in [-0.4, -0.2) is 79.1 Å². The second-order valence-electron chi connectivity index (χ2n) is 6.68. The summed E-state index contributed by atoms with van der Waals surface area (Å²) in [6.45, 7) is 3.77. The summed E-state index contributed by atoms with van der Waals surface area (Å²) in [6, 6.07) is 7.25. The molecule has 3 heterocycles. The Balaban J connectivity index is 1.31. The van der Waals surface area contributed by atoms with Gasteiger partial charge in [0.2, 0.25) is 0 Å². The summed E-state index contributed by atoms with van der Waals surface area (Å²) in [5.41, 5.74) is 1.49. The molecule has 28 heavy (non-hydrogen) atoms. The van der Waals surface area contributed by atoms with Crippen LogP contribution in [0.25, 0.3) is 0 Å². The molecule has 3 aliphatic rings. The fourth-order valence-corrected chi connectivity index (χ4v) is 4.53. The fraction of sp³-hybridized carbons (Fsp3) is 0.500. The van der Waals surface area contributed by atoms with Gasteiger partial charge in [-0.15, -0.1) is 0 Å². The van der Waals surface area contributed by atoms with Gasteiger partial charge in [-0.25, -0.2) is 9.59 Å². The molecule has 0 radical (unpaired) electrons. The number of nitrogens with one attached hydrogen (secondary N) is 1. The number of thioether (sulfide) groups is 1. The van der Waals surface area contributed by atoms with Crippen molar-refractivity contribution < 1.29 is 19.1 Å². The number of anilines is 2. The number of thiocarbonyl (C=S) groups is 1. The highest BCUT2D eigenvalue weighted by atomic mass is 32.2. The Morgan fingerprint density at radius 1 is 1.07 bits per heavy atom. The van der Waals surface area contributed by atoms with Crippen LogP contribution < -0.4 is 15.1 Å². The Kier molecular flexibility index (Phi) is 5.77. The van der Waals surface area contributed by atoms with Gasteiger partial charge < -0.3 is 19.7 Å². The van der Waals surface area contributed by atoms with Gasteiger partial charge in [-0.05, 0) is 36.5 Å². The van der Waals surface area contributed by atoms with Crippen molar-refractivity contribution in [3.8, 4) is 0 Å². The number of hydrogen-bond donors (Lipinski definition) is 1. The van der Waals surface area contributed by atoms with Gasteiger partial charge in [0.15, 0.2) is 5.11 Å². The molecule has 150 valence electrons. The van der Waals surface area contributed by atoms with E-state index >= 15 is 0 Å². The van der Waals surface area contributed by atoms with Crippen LogP contribution in [0, 0.1) is 0 Å². The van der Waals surface area contributed by atoms with Crippen LogP contribution >= 0.6 is 24.0 Å². The summed E-state index contributed by atoms with van der Waals surface area (Å²) in [6.07, 6.45) is -0.985. The molecular weight excluding hydrogens is 400 g/mol. The predicted octanol–water partition coefficient (Wildman–Crippen LogP) is 1.89. The quantitative estimate of drug-likeness (QED) is 0.738. The summed E-state index contributed by atoms with van der Waals surface area (Å²) in [5, 5.41) is 3.94. The third kappa shape index (κ3) is 4.12. The smallest absolute Gasteiger partial charge is 0.414 e. The molecule has 8 nitrogen and oxygen atoms in total. The number of hydrogen-bond acceptors (Lipinski definition) is 6. The Bertz CT molecular complexity index is 754. The lowest BCUT2D eigenvalue weighted by Crippen LogP contribution is -2.46. The molecule has 0 saturated carbocycles. The summed E-state index contributed by atoms with van der Waals surface area (Å²) >= 11 is 7.38. The minimum absolute atomic E-state index is 0.266. The molecule has 0 aliphatic carbocycles. The largest absolute Gasteiger partial charge is 0.447 e. The van der Waals surface area contributed by atoms with Crippen LogP contribution in [0.3, 0.4) is 0 Å². The Hall–Kier alpha value is -2.20. The van der Waals surface area contributed by atoms with E-state index in [0.717, 1.165) is 41.1 Å². The number of carbonyl (C=O) groups excluding carboxylic acids is 2. The maximum absolute atomic E-state index is 12.3. The first-order chi connectivity index (χ1) is 13.6. The fourth-order valence-electron chi connectivity index (χ4n) is 3.36. The van der Waals surface area contributed by atoms with Crippen LogP contribution in [0.5, 0.6) is 0 Å². The highest BCUT2D eigenvalue weighted by molar-refractivity contribution is 7.99. The van der Waals surface area contributed by atoms with Crippen molar-refractivity contribution in [1.82, 2.24) is 10.2 Å². The second-order valence-corrected chi connectivity index (χ2v) is 8.30. The zero-order valence-electron chi connectivity index (χ0n) is 15.3. The highest BCUT2D eigenvalue weighted by Crippen LogP contribution is 2.26. The van der Waals surface area contributed by atoms with Gasteiger partial charge in [-0.2, -0.15) is 11.8 Å². The van der Waals surface area contributed by atoms with E-state index in [2.05, 4.69) is 10.2 Å². The molecule has 1 aromatic rings. The topological polar surface area (TPSA) is 74.3 Å². The number of amides is 2. The molecule has 10 heteroatoms. The van der Waals surface area contributed by atoms with Crippen LogP contribution in [-0.2, 0) is 9.47 Å². The Morgan fingerprint density at radius 2 is 1.75 bits per heavy atom. The Labute approximate surface area is 173 Å². The third-order valence-corrected chi connectivity index (χ3v) is 6.23. The van der Waals surface area contributed by atoms with Gasteiger partial charge in [-0.3, -0.25) is 9.80 Å². The number of ether oxygens (including phenoxy) is 2. The number of benzene rings is 1. The molecule has 2 amide bonds. The van der Waals surface area contributed by atoms with Gasteiger partial charge in [0.1, 0.15) is 12.7 Å². The molecule has 3 saturated heterocycles. The lowest BCUT2D eigenvalue weighted by molar-refractivity contribution is 0.142. The van der Waals surface area contributed by atoms with E-state index in [-0.39, 0.29) is 18.3 Å². The maximum atomic E-state index is 12.3. The minimum Gasteiger partial charge on any atom is -0.447 e. The van der Waals surface area contributed by atoms with Gasteiger partial charge in [0, 0.05) is 36.0 Å². The molecule has 0 spiro atoms. The van der Waals surface area contributed by atoms with Crippen molar-refractivity contribution in [1.29, 1.82) is 0 Å². The standard InChI is InChI=1S/C18H22N4O4S2/c23-17-21(5-8-25-17)13-1-3-14(4-2-13)22-12-15(26-18(22)24)11-19-16(27)20-6-9-28-10-7-20/h1-4,15H,5-12H2,(H,19,27)/t15-/m0/s1. The normalized spacial score (nSPS) is 22.3. The Morgan fingerprint density at radius 3 is 2.39 bits per heavy atom. The highest BCUT2D eigenvalue weighted by Gasteiger charge is 2.33. The molecule has 1 N–H and O–H groups in total. The van der Waals surface area contributed by atoms with Crippen LogP contribution in [0.1, 0.15) is 0 Å². The molecular formula is C18H22N4O4S2. The van der Waals surface area contributed by atoms with Crippen LogP contribution in [0.4, 0.5) is 21.0 Å². The lowest BCUT2D eigenvalue weighted by Gasteiger charge is -2.29. The van der Waals surface area contributed by atoms with Crippen molar-refractivity contribution in [2.75, 3.05) is 60.6 Å². The molecule has 1 aromatic carbocycles. The summed E-state index contributed by atoms with van der Waals surface area (Å²) in [7, 11) is 0. The van der Waals surface area contributed by atoms with E-state index in [0.29, 0.717) is 26.2 Å². The van der Waals surface area contributed by atoms with Crippen LogP contribution in [0.15, 0.2) is 24.3 Å². The second kappa shape index (κ2) is 8.44. The van der Waals surface area contributed by atoms with E-state index in [1.807, 2.05) is 36.0 Å². The third-order valence-electron chi connectivity index (χ3n) is 4.89. The monoisotopic (exact) mass is 422 g/mol. The first kappa shape index (κ1) is 19.1. The first-order valence-corrected chi connectivity index (χ1v) is 10.8. The van der Waals surface area contributed by atoms with Gasteiger partial charge >= 0.3 is 12.2 Å². The van der Waals surface area contributed by atoms with Crippen molar-refractivity contribution in [2.45, 2.75) is 6.10 Å². The molecule has 0 unspecified atom stereocenters. The zero-order chi connectivity index (χ0) is 19.5. The first-order valence-electron chi connectivity index (χ1n) is 9.25. The van der Waals surface area contributed by atoms with Crippen LogP contribution in [0.2, 0.25) is 0 Å². The SMILES string of the molecule is O=C1OCCN1c1ccc(N2C[C@H](CNC(=S)N3CCSCC3)OC2=O)cc1. The number of carbonyl (C=O) groups is 2. The van der Waals surface area contributed by atoms with E-state index < -0.39 is 0 Å². The number of rotatable bonds is 4. The molecule has 0 aromatic heterocycles. The number of cyclic esters (lactones) is 2. The van der Waals surface area contributed by atoms with Crippen molar-refractivity contribution >= 4 is 52.7 Å².